The van der Waals surface area contributed by atoms with Gasteiger partial charge in [0.2, 0.25) is 11.9 Å². The van der Waals surface area contributed by atoms with Crippen LogP contribution in [0.15, 0.2) is 18.3 Å². The summed E-state index contributed by atoms with van der Waals surface area (Å²) in [5.74, 6) is 2.45. The van der Waals surface area contributed by atoms with Gasteiger partial charge in [0.1, 0.15) is 6.61 Å². The number of piperazine rings is 1. The van der Waals surface area contributed by atoms with Gasteiger partial charge in [0.15, 0.2) is 11.6 Å². The minimum atomic E-state index is -0.464. The summed E-state index contributed by atoms with van der Waals surface area (Å²) in [6.07, 6.45) is 6.21. The van der Waals surface area contributed by atoms with Gasteiger partial charge in [0.05, 0.1) is 21.3 Å². The summed E-state index contributed by atoms with van der Waals surface area (Å²) in [5.41, 5.74) is 1.90. The van der Waals surface area contributed by atoms with Crippen molar-refractivity contribution in [2.24, 2.45) is 5.92 Å². The number of nitrogens with zero attached hydrogens (tertiary/aromatic N) is 7. The number of carbonyl (C=O) groups is 2. The number of hydrogen-bond acceptors (Lipinski definition) is 10. The molecule has 0 unspecified atom stereocenters. The van der Waals surface area contributed by atoms with E-state index in [9.17, 15) is 9.59 Å². The smallest absolute Gasteiger partial charge is 0.263 e. The molecular weight excluding hydrogens is 504 g/mol. The molecule has 2 aliphatic rings. The van der Waals surface area contributed by atoms with Crippen LogP contribution in [-0.2, 0) is 4.79 Å². The molecule has 5 rings (SSSR count). The number of aliphatic hydroxyl groups is 1. The molecule has 3 aromatic rings. The quantitative estimate of drug-likeness (QED) is 0.487. The van der Waals surface area contributed by atoms with Crippen LogP contribution in [0.2, 0.25) is 0 Å². The molecule has 1 aliphatic carbocycles. The maximum Gasteiger partial charge on any atom is 0.263 e. The van der Waals surface area contributed by atoms with Crippen LogP contribution in [0.3, 0.4) is 0 Å². The number of rotatable bonds is 6. The fraction of sp³-hybridized carbons (Fsp3) is 0.538. The van der Waals surface area contributed by atoms with Gasteiger partial charge in [-0.1, -0.05) is 19.8 Å². The molecule has 38 heavy (non-hydrogen) atoms. The summed E-state index contributed by atoms with van der Waals surface area (Å²) < 4.78 is 0.912. The molecule has 1 aliphatic heterocycles. The molecular formula is C26H34N8O3S. The van der Waals surface area contributed by atoms with Crippen molar-refractivity contribution in [3.05, 3.63) is 28.8 Å². The second kappa shape index (κ2) is 11.2. The van der Waals surface area contributed by atoms with Crippen molar-refractivity contribution in [2.45, 2.75) is 38.5 Å². The summed E-state index contributed by atoms with van der Waals surface area (Å²) in [5, 5.41) is 20.9. The number of thiophene rings is 1. The number of aliphatic hydroxyl groups excluding tert-OH is 1. The van der Waals surface area contributed by atoms with Gasteiger partial charge in [0, 0.05) is 45.8 Å². The van der Waals surface area contributed by atoms with Crippen molar-refractivity contribution in [3.63, 3.8) is 0 Å². The number of hydrogen-bond donors (Lipinski definition) is 2. The standard InChI is InChI=1S/C26H34N8O3S/c1-16-4-6-17(7-5-16)22-23-18(38-24(22)25(37)32(2)3)14-27-26(29-23)28-19-8-9-20(31-30-19)33-10-12-34(13-11-33)21(36)15-35/h8-9,14,16-17,35H,4-7,10-13,15H2,1-3H3,(H,27,28,29,30)/t16-,17-. The number of nitrogens with one attached hydrogen (secondary N) is 1. The van der Waals surface area contributed by atoms with Gasteiger partial charge >= 0.3 is 0 Å². The lowest BCUT2D eigenvalue weighted by atomic mass is 9.79. The van der Waals surface area contributed by atoms with Gasteiger partial charge in [-0.05, 0) is 36.8 Å². The topological polar surface area (TPSA) is 128 Å². The average molecular weight is 539 g/mol. The average Bonchev–Trinajstić information content (AvgIpc) is 3.32. The molecule has 0 spiro atoms. The van der Waals surface area contributed by atoms with Gasteiger partial charge in [-0.25, -0.2) is 9.97 Å². The van der Waals surface area contributed by atoms with Crippen molar-refractivity contribution in [1.82, 2.24) is 30.0 Å². The lowest BCUT2D eigenvalue weighted by Gasteiger charge is -2.34. The molecule has 4 heterocycles. The maximum atomic E-state index is 13.1. The first-order chi connectivity index (χ1) is 18.3. The molecule has 0 bridgehead atoms. The molecule has 202 valence electrons. The Morgan fingerprint density at radius 2 is 1.84 bits per heavy atom. The van der Waals surface area contributed by atoms with E-state index in [0.29, 0.717) is 49.8 Å². The van der Waals surface area contributed by atoms with E-state index in [4.69, 9.17) is 10.1 Å². The first-order valence-electron chi connectivity index (χ1n) is 13.1. The monoisotopic (exact) mass is 538 g/mol. The van der Waals surface area contributed by atoms with Gasteiger partial charge in [-0.3, -0.25) is 9.59 Å². The number of carbonyl (C=O) groups excluding carboxylic acids is 2. The van der Waals surface area contributed by atoms with E-state index in [1.165, 1.54) is 11.3 Å². The zero-order valence-corrected chi connectivity index (χ0v) is 22.9. The maximum absolute atomic E-state index is 13.1. The van der Waals surface area contributed by atoms with E-state index >= 15 is 0 Å². The van der Waals surface area contributed by atoms with Crippen molar-refractivity contribution in [3.8, 4) is 0 Å². The van der Waals surface area contributed by atoms with Gasteiger partial charge < -0.3 is 25.1 Å². The lowest BCUT2D eigenvalue weighted by molar-refractivity contribution is -0.134. The lowest BCUT2D eigenvalue weighted by Crippen LogP contribution is -2.49. The predicted molar refractivity (Wildman–Crippen MR) is 147 cm³/mol. The van der Waals surface area contributed by atoms with Crippen molar-refractivity contribution < 1.29 is 14.7 Å². The molecule has 1 saturated heterocycles. The van der Waals surface area contributed by atoms with Gasteiger partial charge in [-0.15, -0.1) is 21.5 Å². The molecule has 0 atom stereocenters. The molecule has 0 aromatic carbocycles. The molecule has 1 saturated carbocycles. The van der Waals surface area contributed by atoms with Gasteiger partial charge in [-0.2, -0.15) is 0 Å². The Hall–Kier alpha value is -3.38. The normalized spacial score (nSPS) is 20.0. The summed E-state index contributed by atoms with van der Waals surface area (Å²) in [4.78, 5) is 40.2. The Labute approximate surface area is 225 Å². The zero-order valence-electron chi connectivity index (χ0n) is 22.1. The van der Waals surface area contributed by atoms with Crippen LogP contribution in [0.25, 0.3) is 10.2 Å². The zero-order chi connectivity index (χ0) is 26.8. The summed E-state index contributed by atoms with van der Waals surface area (Å²) in [6, 6.07) is 3.71. The van der Waals surface area contributed by atoms with Crippen LogP contribution in [0, 0.1) is 5.92 Å². The SMILES string of the molecule is CN(C)C(=O)c1sc2cnc(Nc3ccc(N4CCN(C(=O)CO)CC4)nn3)nc2c1[C@H]1CC[C@H](C)CC1. The molecule has 12 heteroatoms. The Bertz CT molecular complexity index is 1300. The highest BCUT2D eigenvalue weighted by molar-refractivity contribution is 7.21. The fourth-order valence-corrected chi connectivity index (χ4v) is 6.44. The Morgan fingerprint density at radius 3 is 2.47 bits per heavy atom. The number of fused-ring (bicyclic) bond motifs is 1. The van der Waals surface area contributed by atoms with E-state index < -0.39 is 6.61 Å². The molecule has 11 nitrogen and oxygen atoms in total. The van der Waals surface area contributed by atoms with Gasteiger partial charge in [0.25, 0.3) is 5.91 Å². The van der Waals surface area contributed by atoms with E-state index in [1.807, 2.05) is 12.1 Å². The second-order valence-electron chi connectivity index (χ2n) is 10.3. The van der Waals surface area contributed by atoms with Crippen LogP contribution >= 0.6 is 11.3 Å². The number of amides is 2. The number of aromatic nitrogens is 4. The largest absolute Gasteiger partial charge is 0.387 e. The third-order valence-electron chi connectivity index (χ3n) is 7.47. The van der Waals surface area contributed by atoms with Crippen molar-refractivity contribution in [1.29, 1.82) is 0 Å². The van der Waals surface area contributed by atoms with Crippen LogP contribution in [-0.4, -0.2) is 93.8 Å². The van der Waals surface area contributed by atoms with E-state index in [1.54, 1.807) is 30.1 Å². The third-order valence-corrected chi connectivity index (χ3v) is 8.59. The molecule has 2 amide bonds. The third kappa shape index (κ3) is 5.41. The van der Waals surface area contributed by atoms with E-state index in [2.05, 4.69) is 32.3 Å². The minimum Gasteiger partial charge on any atom is -0.387 e. The fourth-order valence-electron chi connectivity index (χ4n) is 5.22. The van der Waals surface area contributed by atoms with Crippen molar-refractivity contribution in [2.75, 3.05) is 57.1 Å². The van der Waals surface area contributed by atoms with Crippen molar-refractivity contribution >= 4 is 51.0 Å². The highest BCUT2D eigenvalue weighted by atomic mass is 32.1. The molecule has 0 radical (unpaired) electrons. The van der Waals surface area contributed by atoms with Crippen LogP contribution in [0.5, 0.6) is 0 Å². The Kier molecular flexibility index (Phi) is 7.70. The van der Waals surface area contributed by atoms with Crippen LogP contribution in [0.4, 0.5) is 17.6 Å². The number of anilines is 3. The first kappa shape index (κ1) is 26.2. The highest BCUT2D eigenvalue weighted by Gasteiger charge is 2.30. The Balaban J connectivity index is 1.35. The summed E-state index contributed by atoms with van der Waals surface area (Å²) in [6.45, 7) is 4.16. The molecule has 2 fully saturated rings. The molecule has 2 N–H and O–H groups in total. The first-order valence-corrected chi connectivity index (χ1v) is 13.9. The predicted octanol–water partition coefficient (Wildman–Crippen LogP) is 2.86. The minimum absolute atomic E-state index is 0.0131. The summed E-state index contributed by atoms with van der Waals surface area (Å²) >= 11 is 1.47. The second-order valence-corrected chi connectivity index (χ2v) is 11.4. The van der Waals surface area contributed by atoms with E-state index in [-0.39, 0.29) is 11.8 Å². The van der Waals surface area contributed by atoms with E-state index in [0.717, 1.165) is 52.2 Å². The van der Waals surface area contributed by atoms with Crippen LogP contribution in [0.1, 0.15) is 53.8 Å². The summed E-state index contributed by atoms with van der Waals surface area (Å²) in [7, 11) is 3.57. The highest BCUT2D eigenvalue weighted by Crippen LogP contribution is 2.43. The van der Waals surface area contributed by atoms with Crippen LogP contribution < -0.4 is 10.2 Å². The Morgan fingerprint density at radius 1 is 1.11 bits per heavy atom. The molecule has 3 aromatic heterocycles.